The van der Waals surface area contributed by atoms with Gasteiger partial charge in [-0.25, -0.2) is 0 Å². The number of nitrogens with zero attached hydrogens (tertiary/aromatic N) is 2. The first kappa shape index (κ1) is 15.3. The highest BCUT2D eigenvalue weighted by atomic mass is 16.5. The summed E-state index contributed by atoms with van der Waals surface area (Å²) >= 11 is 0. The van der Waals surface area contributed by atoms with Gasteiger partial charge >= 0.3 is 0 Å². The highest BCUT2D eigenvalue weighted by Gasteiger charge is 2.56. The van der Waals surface area contributed by atoms with Crippen LogP contribution in [-0.4, -0.2) is 26.4 Å². The van der Waals surface area contributed by atoms with Crippen LogP contribution in [-0.2, 0) is 6.54 Å². The Morgan fingerprint density at radius 3 is 2.54 bits per heavy atom. The third-order valence-electron chi connectivity index (χ3n) is 7.09. The molecule has 6 rings (SSSR count). The van der Waals surface area contributed by atoms with Gasteiger partial charge in [-0.1, -0.05) is 24.4 Å². The van der Waals surface area contributed by atoms with Crippen molar-refractivity contribution in [1.82, 2.24) is 15.5 Å². The van der Waals surface area contributed by atoms with E-state index in [1.807, 2.05) is 0 Å². The van der Waals surface area contributed by atoms with Gasteiger partial charge in [0.15, 0.2) is 5.82 Å². The van der Waals surface area contributed by atoms with Gasteiger partial charge in [0.25, 0.3) is 0 Å². The van der Waals surface area contributed by atoms with Crippen LogP contribution < -0.4 is 5.32 Å². The lowest BCUT2D eigenvalue weighted by Gasteiger charge is -2.60. The first-order valence-electron chi connectivity index (χ1n) is 9.91. The largest absolute Gasteiger partial charge is 0.390 e. The van der Waals surface area contributed by atoms with E-state index in [0.717, 1.165) is 31.0 Å². The van der Waals surface area contributed by atoms with E-state index in [-0.39, 0.29) is 5.54 Å². The van der Waals surface area contributed by atoms with Crippen LogP contribution in [0.25, 0.3) is 0 Å². The van der Waals surface area contributed by atoms with Crippen LogP contribution in [0.5, 0.6) is 0 Å². The SMILES string of the molecule is OC12CC3CC(C1)CC(NCc1noc(C4CCCCC4)n1)(C3)C2. The normalized spacial score (nSPS) is 41.9. The Bertz CT molecular complexity index is 594. The molecule has 5 nitrogen and oxygen atoms in total. The van der Waals surface area contributed by atoms with Gasteiger partial charge in [0.2, 0.25) is 5.89 Å². The molecule has 2 atom stereocenters. The molecule has 0 aromatic carbocycles. The van der Waals surface area contributed by atoms with Crippen molar-refractivity contribution in [1.29, 1.82) is 0 Å². The number of hydrogen-bond acceptors (Lipinski definition) is 5. The fraction of sp³-hybridized carbons (Fsp3) is 0.895. The van der Waals surface area contributed by atoms with E-state index in [4.69, 9.17) is 4.52 Å². The minimum absolute atomic E-state index is 0.102. The van der Waals surface area contributed by atoms with Gasteiger partial charge in [-0.3, -0.25) is 0 Å². The van der Waals surface area contributed by atoms with Gasteiger partial charge in [-0.15, -0.1) is 0 Å². The Hall–Kier alpha value is -0.940. The van der Waals surface area contributed by atoms with Crippen molar-refractivity contribution >= 4 is 0 Å². The lowest BCUT2D eigenvalue weighted by atomic mass is 9.51. The second-order valence-corrected chi connectivity index (χ2v) is 9.20. The molecule has 0 spiro atoms. The molecule has 1 aromatic rings. The van der Waals surface area contributed by atoms with Crippen molar-refractivity contribution in [3.63, 3.8) is 0 Å². The number of rotatable bonds is 4. The molecule has 1 heterocycles. The Kier molecular flexibility index (Phi) is 3.53. The zero-order valence-electron chi connectivity index (χ0n) is 14.5. The maximum absolute atomic E-state index is 10.8. The average Bonchev–Trinajstić information content (AvgIpc) is 3.01. The molecule has 2 unspecified atom stereocenters. The number of hydrogen-bond donors (Lipinski definition) is 2. The molecule has 5 aliphatic rings. The first-order valence-corrected chi connectivity index (χ1v) is 9.91. The highest BCUT2D eigenvalue weighted by Crippen LogP contribution is 2.57. The molecule has 0 amide bonds. The quantitative estimate of drug-likeness (QED) is 0.886. The topological polar surface area (TPSA) is 71.2 Å². The summed E-state index contributed by atoms with van der Waals surface area (Å²) in [5, 5.41) is 18.8. The third-order valence-corrected chi connectivity index (χ3v) is 7.09. The summed E-state index contributed by atoms with van der Waals surface area (Å²) in [5.74, 6) is 3.51. The zero-order valence-corrected chi connectivity index (χ0v) is 14.5. The molecule has 0 saturated heterocycles. The molecule has 2 N–H and O–H groups in total. The van der Waals surface area contributed by atoms with Crippen molar-refractivity contribution in [2.75, 3.05) is 0 Å². The Labute approximate surface area is 143 Å². The standard InChI is InChI=1S/C19H29N3O2/c23-19-9-13-6-14(10-19)8-18(7-13,12-19)20-11-16-21-17(24-22-16)15-4-2-1-3-5-15/h13-15,20,23H,1-12H2. The second-order valence-electron chi connectivity index (χ2n) is 9.20. The highest BCUT2D eigenvalue weighted by molar-refractivity contribution is 5.12. The molecule has 4 bridgehead atoms. The molecule has 5 fully saturated rings. The van der Waals surface area contributed by atoms with E-state index >= 15 is 0 Å². The van der Waals surface area contributed by atoms with Gasteiger partial charge in [0.1, 0.15) is 0 Å². The van der Waals surface area contributed by atoms with Crippen molar-refractivity contribution in [2.24, 2.45) is 11.8 Å². The van der Waals surface area contributed by atoms with E-state index < -0.39 is 5.60 Å². The lowest BCUT2D eigenvalue weighted by Crippen LogP contribution is -2.64. The molecule has 5 saturated carbocycles. The smallest absolute Gasteiger partial charge is 0.229 e. The Morgan fingerprint density at radius 1 is 1.08 bits per heavy atom. The molecular weight excluding hydrogens is 302 g/mol. The van der Waals surface area contributed by atoms with Crippen LogP contribution in [0.4, 0.5) is 0 Å². The predicted octanol–water partition coefficient (Wildman–Crippen LogP) is 3.29. The van der Waals surface area contributed by atoms with Crippen LogP contribution in [0.2, 0.25) is 0 Å². The minimum Gasteiger partial charge on any atom is -0.390 e. The summed E-state index contributed by atoms with van der Waals surface area (Å²) in [7, 11) is 0. The maximum atomic E-state index is 10.8. The molecule has 5 heteroatoms. The fourth-order valence-electron chi connectivity index (χ4n) is 6.54. The summed E-state index contributed by atoms with van der Waals surface area (Å²) in [6, 6.07) is 0. The number of aromatic nitrogens is 2. The summed E-state index contributed by atoms with van der Waals surface area (Å²) in [5.41, 5.74) is -0.313. The van der Waals surface area contributed by atoms with Crippen molar-refractivity contribution in [3.8, 4) is 0 Å². The van der Waals surface area contributed by atoms with Crippen LogP contribution in [0.3, 0.4) is 0 Å². The van der Waals surface area contributed by atoms with Gasteiger partial charge in [-0.2, -0.15) is 4.98 Å². The molecule has 5 aliphatic carbocycles. The van der Waals surface area contributed by atoms with Crippen LogP contribution in [0.15, 0.2) is 4.52 Å². The van der Waals surface area contributed by atoms with Gasteiger partial charge in [0, 0.05) is 11.5 Å². The fourth-order valence-corrected chi connectivity index (χ4v) is 6.54. The molecule has 0 aliphatic heterocycles. The van der Waals surface area contributed by atoms with Gasteiger partial charge in [-0.05, 0) is 63.2 Å². The summed E-state index contributed by atoms with van der Waals surface area (Å²) < 4.78 is 5.54. The maximum Gasteiger partial charge on any atom is 0.229 e. The predicted molar refractivity (Wildman–Crippen MR) is 89.3 cm³/mol. The summed E-state index contributed by atoms with van der Waals surface area (Å²) in [4.78, 5) is 4.67. The van der Waals surface area contributed by atoms with E-state index in [1.54, 1.807) is 0 Å². The van der Waals surface area contributed by atoms with Gasteiger partial charge < -0.3 is 14.9 Å². The first-order chi connectivity index (χ1) is 11.6. The monoisotopic (exact) mass is 331 g/mol. The number of aliphatic hydroxyl groups is 1. The minimum atomic E-state index is -0.415. The zero-order chi connectivity index (χ0) is 16.2. The lowest BCUT2D eigenvalue weighted by molar-refractivity contribution is -0.142. The molecule has 132 valence electrons. The van der Waals surface area contributed by atoms with E-state index in [0.29, 0.717) is 24.3 Å². The van der Waals surface area contributed by atoms with Crippen LogP contribution in [0.1, 0.15) is 88.3 Å². The molecule has 24 heavy (non-hydrogen) atoms. The van der Waals surface area contributed by atoms with E-state index in [1.165, 1.54) is 51.4 Å². The van der Waals surface area contributed by atoms with Crippen LogP contribution >= 0.6 is 0 Å². The van der Waals surface area contributed by atoms with E-state index in [9.17, 15) is 5.11 Å². The van der Waals surface area contributed by atoms with E-state index in [2.05, 4.69) is 15.5 Å². The third kappa shape index (κ3) is 2.70. The molecular formula is C19H29N3O2. The summed E-state index contributed by atoms with van der Waals surface area (Å²) in [6.45, 7) is 0.672. The molecule has 1 aromatic heterocycles. The van der Waals surface area contributed by atoms with Crippen molar-refractivity contribution in [3.05, 3.63) is 11.7 Å². The van der Waals surface area contributed by atoms with Crippen molar-refractivity contribution in [2.45, 2.75) is 94.2 Å². The van der Waals surface area contributed by atoms with Crippen molar-refractivity contribution < 1.29 is 9.63 Å². The Balaban J connectivity index is 1.25. The van der Waals surface area contributed by atoms with Crippen LogP contribution in [0, 0.1) is 11.8 Å². The average molecular weight is 331 g/mol. The Morgan fingerprint density at radius 2 is 1.83 bits per heavy atom. The summed E-state index contributed by atoms with van der Waals surface area (Å²) in [6.07, 6.45) is 13.0. The molecule has 0 radical (unpaired) electrons. The van der Waals surface area contributed by atoms with Gasteiger partial charge in [0.05, 0.1) is 12.1 Å². The second kappa shape index (κ2) is 5.53. The number of nitrogens with one attached hydrogen (secondary N) is 1.